The number of fused-ring (bicyclic) bond motifs is 1. The third kappa shape index (κ3) is 4.03. The first-order valence-electron chi connectivity index (χ1n) is 8.78. The summed E-state index contributed by atoms with van der Waals surface area (Å²) in [5, 5.41) is 16.5. The summed E-state index contributed by atoms with van der Waals surface area (Å²) in [5.74, 6) is 0.842. The van der Waals surface area contributed by atoms with Gasteiger partial charge < -0.3 is 5.32 Å². The number of benzene rings is 2. The van der Waals surface area contributed by atoms with E-state index in [1.165, 1.54) is 16.9 Å². The minimum Gasteiger partial charge on any atom is -0.352 e. The lowest BCUT2D eigenvalue weighted by Crippen LogP contribution is -2.22. The van der Waals surface area contributed by atoms with Gasteiger partial charge in [-0.1, -0.05) is 65.9 Å². The van der Waals surface area contributed by atoms with Crippen molar-refractivity contribution in [1.82, 2.24) is 25.1 Å². The van der Waals surface area contributed by atoms with E-state index in [2.05, 4.69) is 20.6 Å². The lowest BCUT2D eigenvalue weighted by Gasteiger charge is -2.06. The summed E-state index contributed by atoms with van der Waals surface area (Å²) in [7, 11) is 0. The summed E-state index contributed by atoms with van der Waals surface area (Å²) in [5.41, 5.74) is 3.27. The molecule has 2 aromatic carbocycles. The van der Waals surface area contributed by atoms with Crippen molar-refractivity contribution in [1.29, 1.82) is 0 Å². The highest BCUT2D eigenvalue weighted by Crippen LogP contribution is 2.25. The Morgan fingerprint density at radius 2 is 1.81 bits per heavy atom. The number of carbonyl (C=O) groups is 1. The molecule has 4 aromatic rings. The van der Waals surface area contributed by atoms with Crippen molar-refractivity contribution < 1.29 is 4.79 Å². The topological polar surface area (TPSA) is 72.2 Å². The van der Waals surface area contributed by atoms with Crippen LogP contribution < -0.4 is 5.32 Å². The third-order valence-corrected chi connectivity index (χ3v) is 5.27. The smallest absolute Gasteiger partial charge is 0.234 e. The van der Waals surface area contributed by atoms with Gasteiger partial charge in [0.1, 0.15) is 5.01 Å². The molecule has 0 aliphatic heterocycles. The minimum atomic E-state index is 0.0621. The van der Waals surface area contributed by atoms with Crippen LogP contribution in [0.25, 0.3) is 15.5 Å². The summed E-state index contributed by atoms with van der Waals surface area (Å²) in [6.45, 7) is 2.41. The number of aromatic nitrogens is 4. The minimum absolute atomic E-state index is 0.0621. The summed E-state index contributed by atoms with van der Waals surface area (Å²) >= 11 is 1.51. The average molecular weight is 377 g/mol. The number of nitrogens with zero attached hydrogens (tertiary/aromatic N) is 4. The molecule has 0 fully saturated rings. The van der Waals surface area contributed by atoms with Gasteiger partial charge >= 0.3 is 0 Å². The Kier molecular flexibility index (Phi) is 4.93. The van der Waals surface area contributed by atoms with E-state index in [1.54, 1.807) is 4.52 Å². The molecule has 6 nitrogen and oxygen atoms in total. The Bertz CT molecular complexity index is 1050. The van der Waals surface area contributed by atoms with Crippen LogP contribution in [0.4, 0.5) is 0 Å². The molecule has 0 saturated heterocycles. The molecular weight excluding hydrogens is 358 g/mol. The molecule has 27 heavy (non-hydrogen) atoms. The molecular formula is C20H19N5OS. The van der Waals surface area contributed by atoms with Crippen LogP contribution >= 0.6 is 11.3 Å². The number of carbonyl (C=O) groups excluding carboxylic acids is 1. The fourth-order valence-corrected chi connectivity index (χ4v) is 3.68. The normalized spacial score (nSPS) is 11.0. The Morgan fingerprint density at radius 3 is 2.56 bits per heavy atom. The second-order valence-electron chi connectivity index (χ2n) is 6.31. The maximum atomic E-state index is 12.0. The van der Waals surface area contributed by atoms with Crippen LogP contribution in [0.1, 0.15) is 23.4 Å². The van der Waals surface area contributed by atoms with Crippen LogP contribution in [0, 0.1) is 6.92 Å². The van der Waals surface area contributed by atoms with E-state index in [0.717, 1.165) is 33.3 Å². The first kappa shape index (κ1) is 17.4. The molecule has 0 radical (unpaired) electrons. The average Bonchev–Trinajstić information content (AvgIpc) is 3.28. The molecule has 0 aliphatic rings. The van der Waals surface area contributed by atoms with Gasteiger partial charge in [0, 0.05) is 18.5 Å². The molecule has 2 aromatic heterocycles. The fraction of sp³-hybridized carbons (Fsp3) is 0.200. The number of nitrogens with one attached hydrogen (secondary N) is 1. The van der Waals surface area contributed by atoms with Gasteiger partial charge in [0.2, 0.25) is 10.9 Å². The summed E-state index contributed by atoms with van der Waals surface area (Å²) in [6, 6.07) is 18.1. The van der Waals surface area contributed by atoms with Crippen molar-refractivity contribution in [3.05, 3.63) is 71.5 Å². The molecule has 7 heteroatoms. The van der Waals surface area contributed by atoms with Crippen LogP contribution in [0.5, 0.6) is 0 Å². The van der Waals surface area contributed by atoms with Gasteiger partial charge in [-0.15, -0.1) is 10.2 Å². The van der Waals surface area contributed by atoms with E-state index in [-0.39, 0.29) is 5.91 Å². The van der Waals surface area contributed by atoms with Crippen molar-refractivity contribution in [2.75, 3.05) is 0 Å². The van der Waals surface area contributed by atoms with Crippen molar-refractivity contribution in [2.45, 2.75) is 26.3 Å². The summed E-state index contributed by atoms with van der Waals surface area (Å²) < 4.78 is 1.75. The Morgan fingerprint density at radius 1 is 1.04 bits per heavy atom. The molecule has 4 rings (SSSR count). The lowest BCUT2D eigenvalue weighted by atomic mass is 10.1. The van der Waals surface area contributed by atoms with Crippen LogP contribution in [-0.4, -0.2) is 25.7 Å². The highest BCUT2D eigenvalue weighted by molar-refractivity contribution is 7.19. The van der Waals surface area contributed by atoms with Gasteiger partial charge in [0.15, 0.2) is 5.82 Å². The van der Waals surface area contributed by atoms with Crippen LogP contribution in [-0.2, 0) is 17.8 Å². The summed E-state index contributed by atoms with van der Waals surface area (Å²) in [6.07, 6.45) is 1.25. The number of aryl methyl sites for hydroxylation is 2. The van der Waals surface area contributed by atoms with Crippen molar-refractivity contribution in [2.24, 2.45) is 0 Å². The van der Waals surface area contributed by atoms with E-state index in [1.807, 2.05) is 61.5 Å². The molecule has 0 spiro atoms. The van der Waals surface area contributed by atoms with Crippen LogP contribution in [0.2, 0.25) is 0 Å². The molecule has 0 aliphatic carbocycles. The first-order chi connectivity index (χ1) is 13.2. The highest BCUT2D eigenvalue weighted by atomic mass is 32.1. The highest BCUT2D eigenvalue weighted by Gasteiger charge is 2.10. The zero-order valence-corrected chi connectivity index (χ0v) is 15.7. The van der Waals surface area contributed by atoms with Crippen LogP contribution in [0.15, 0.2) is 54.6 Å². The maximum Gasteiger partial charge on any atom is 0.234 e. The van der Waals surface area contributed by atoms with Crippen LogP contribution in [0.3, 0.4) is 0 Å². The monoisotopic (exact) mass is 377 g/mol. The zero-order chi connectivity index (χ0) is 18.6. The first-order valence-corrected chi connectivity index (χ1v) is 9.59. The number of rotatable bonds is 6. The van der Waals surface area contributed by atoms with Gasteiger partial charge in [0.05, 0.1) is 0 Å². The van der Waals surface area contributed by atoms with E-state index in [9.17, 15) is 4.79 Å². The zero-order valence-electron chi connectivity index (χ0n) is 14.9. The van der Waals surface area contributed by atoms with Gasteiger partial charge in [-0.3, -0.25) is 4.79 Å². The SMILES string of the molecule is Cc1nnc2sc(-c3ccc(CNC(=O)CCc4ccccc4)cc3)nn12. The Balaban J connectivity index is 1.33. The molecule has 1 N–H and O–H groups in total. The van der Waals surface area contributed by atoms with E-state index >= 15 is 0 Å². The number of hydrogen-bond acceptors (Lipinski definition) is 5. The molecule has 0 saturated carbocycles. The van der Waals surface area contributed by atoms with E-state index in [4.69, 9.17) is 0 Å². The quantitative estimate of drug-likeness (QED) is 0.559. The second kappa shape index (κ2) is 7.67. The molecule has 136 valence electrons. The molecule has 1 amide bonds. The molecule has 2 heterocycles. The predicted molar refractivity (Wildman–Crippen MR) is 105 cm³/mol. The third-order valence-electron chi connectivity index (χ3n) is 4.32. The van der Waals surface area contributed by atoms with Crippen molar-refractivity contribution >= 4 is 22.2 Å². The maximum absolute atomic E-state index is 12.0. The Hall–Kier alpha value is -3.06. The largest absolute Gasteiger partial charge is 0.352 e. The van der Waals surface area contributed by atoms with Gasteiger partial charge in [0.25, 0.3) is 0 Å². The molecule has 0 atom stereocenters. The second-order valence-corrected chi connectivity index (χ2v) is 7.26. The van der Waals surface area contributed by atoms with Crippen molar-refractivity contribution in [3.8, 4) is 10.6 Å². The molecule has 0 unspecified atom stereocenters. The van der Waals surface area contributed by atoms with E-state index < -0.39 is 0 Å². The predicted octanol–water partition coefficient (Wildman–Crippen LogP) is 3.41. The number of amides is 1. The molecule has 0 bridgehead atoms. The van der Waals surface area contributed by atoms with E-state index in [0.29, 0.717) is 13.0 Å². The number of hydrogen-bond donors (Lipinski definition) is 1. The standard InChI is InChI=1S/C20H19N5OS/c1-14-22-23-20-25(14)24-19(27-20)17-10-7-16(8-11-17)13-21-18(26)12-9-15-5-3-2-4-6-15/h2-8,10-11H,9,12-13H2,1H3,(H,21,26). The fourth-order valence-electron chi connectivity index (χ4n) is 2.79. The van der Waals surface area contributed by atoms with Gasteiger partial charge in [-0.2, -0.15) is 9.61 Å². The van der Waals surface area contributed by atoms with Gasteiger partial charge in [-0.25, -0.2) is 0 Å². The Labute approximate surface area is 160 Å². The van der Waals surface area contributed by atoms with Crippen molar-refractivity contribution in [3.63, 3.8) is 0 Å². The van der Waals surface area contributed by atoms with Gasteiger partial charge in [-0.05, 0) is 24.5 Å². The lowest BCUT2D eigenvalue weighted by molar-refractivity contribution is -0.121. The summed E-state index contributed by atoms with van der Waals surface area (Å²) in [4.78, 5) is 12.8.